The molecule has 0 radical (unpaired) electrons. The highest BCUT2D eigenvalue weighted by molar-refractivity contribution is 5.20. The Labute approximate surface area is 98.8 Å². The van der Waals surface area contributed by atoms with Crippen LogP contribution in [0.25, 0.3) is 0 Å². The average Bonchev–Trinajstić information content (AvgIpc) is 2.34. The van der Waals surface area contributed by atoms with Gasteiger partial charge in [-0.3, -0.25) is 0 Å². The van der Waals surface area contributed by atoms with Crippen LogP contribution in [0.2, 0.25) is 0 Å². The molecule has 0 amide bonds. The van der Waals surface area contributed by atoms with E-state index in [2.05, 4.69) is 6.92 Å². The van der Waals surface area contributed by atoms with Crippen molar-refractivity contribution in [1.82, 2.24) is 0 Å². The average molecular weight is 221 g/mol. The molecule has 1 atom stereocenters. The molecule has 0 fully saturated rings. The molecule has 2 heteroatoms. The standard InChI is InChI=1S/C14H23NO/c1-2-13(15)9-5-4-8-12-16-14-10-6-3-7-11-14/h3,6-7,10-11,13H,2,4-5,8-9,12,15H2,1H3. The monoisotopic (exact) mass is 221 g/mol. The molecule has 90 valence electrons. The minimum Gasteiger partial charge on any atom is -0.494 e. The lowest BCUT2D eigenvalue weighted by Gasteiger charge is -2.08. The zero-order chi connectivity index (χ0) is 11.6. The molecule has 2 N–H and O–H groups in total. The normalized spacial score (nSPS) is 12.4. The van der Waals surface area contributed by atoms with Gasteiger partial charge in [0.1, 0.15) is 5.75 Å². The summed E-state index contributed by atoms with van der Waals surface area (Å²) in [5, 5.41) is 0. The topological polar surface area (TPSA) is 35.2 Å². The van der Waals surface area contributed by atoms with Gasteiger partial charge in [-0.1, -0.05) is 38.0 Å². The zero-order valence-corrected chi connectivity index (χ0v) is 10.2. The van der Waals surface area contributed by atoms with Crippen LogP contribution < -0.4 is 10.5 Å². The largest absolute Gasteiger partial charge is 0.494 e. The van der Waals surface area contributed by atoms with Gasteiger partial charge in [-0.15, -0.1) is 0 Å². The number of hydrogen-bond donors (Lipinski definition) is 1. The Morgan fingerprint density at radius 3 is 2.56 bits per heavy atom. The Morgan fingerprint density at radius 1 is 1.12 bits per heavy atom. The number of para-hydroxylation sites is 1. The highest BCUT2D eigenvalue weighted by Gasteiger charge is 1.98. The molecule has 1 unspecified atom stereocenters. The highest BCUT2D eigenvalue weighted by atomic mass is 16.5. The van der Waals surface area contributed by atoms with Crippen LogP contribution in [0.4, 0.5) is 0 Å². The van der Waals surface area contributed by atoms with Crippen LogP contribution >= 0.6 is 0 Å². The second-order valence-electron chi connectivity index (χ2n) is 4.18. The van der Waals surface area contributed by atoms with E-state index < -0.39 is 0 Å². The van der Waals surface area contributed by atoms with Crippen LogP contribution in [0.1, 0.15) is 39.0 Å². The van der Waals surface area contributed by atoms with Crippen molar-refractivity contribution in [3.63, 3.8) is 0 Å². The number of rotatable bonds is 8. The van der Waals surface area contributed by atoms with Gasteiger partial charge >= 0.3 is 0 Å². The van der Waals surface area contributed by atoms with Gasteiger partial charge in [-0.05, 0) is 31.4 Å². The molecule has 0 aliphatic heterocycles. The third kappa shape index (κ3) is 5.76. The number of unbranched alkanes of at least 4 members (excludes halogenated alkanes) is 2. The van der Waals surface area contributed by atoms with Crippen molar-refractivity contribution in [2.24, 2.45) is 5.73 Å². The van der Waals surface area contributed by atoms with Crippen molar-refractivity contribution in [3.05, 3.63) is 30.3 Å². The van der Waals surface area contributed by atoms with Crippen molar-refractivity contribution < 1.29 is 4.74 Å². The maximum Gasteiger partial charge on any atom is 0.119 e. The van der Waals surface area contributed by atoms with E-state index in [1.54, 1.807) is 0 Å². The van der Waals surface area contributed by atoms with E-state index in [0.29, 0.717) is 6.04 Å². The summed E-state index contributed by atoms with van der Waals surface area (Å²) in [4.78, 5) is 0. The van der Waals surface area contributed by atoms with Crippen LogP contribution in [0.15, 0.2) is 30.3 Å². The molecule has 0 bridgehead atoms. The Bertz CT molecular complexity index is 261. The van der Waals surface area contributed by atoms with Gasteiger partial charge in [0, 0.05) is 6.04 Å². The first-order valence-electron chi connectivity index (χ1n) is 6.26. The molecule has 0 saturated carbocycles. The minimum atomic E-state index is 0.384. The zero-order valence-electron chi connectivity index (χ0n) is 10.2. The number of nitrogens with two attached hydrogens (primary N) is 1. The van der Waals surface area contributed by atoms with E-state index >= 15 is 0 Å². The fourth-order valence-corrected chi connectivity index (χ4v) is 1.60. The first-order chi connectivity index (χ1) is 7.83. The minimum absolute atomic E-state index is 0.384. The van der Waals surface area contributed by atoms with Gasteiger partial charge in [0.05, 0.1) is 6.61 Å². The fourth-order valence-electron chi connectivity index (χ4n) is 1.60. The molecule has 0 saturated heterocycles. The molecular weight excluding hydrogens is 198 g/mol. The summed E-state index contributed by atoms with van der Waals surface area (Å²) < 4.78 is 5.61. The Kier molecular flexibility index (Phi) is 6.66. The van der Waals surface area contributed by atoms with Crippen molar-refractivity contribution in [1.29, 1.82) is 0 Å². The molecule has 1 aromatic rings. The van der Waals surface area contributed by atoms with E-state index in [1.807, 2.05) is 30.3 Å². The van der Waals surface area contributed by atoms with Crippen molar-refractivity contribution >= 4 is 0 Å². The van der Waals surface area contributed by atoms with Gasteiger partial charge in [0.15, 0.2) is 0 Å². The van der Waals surface area contributed by atoms with Gasteiger partial charge < -0.3 is 10.5 Å². The maximum atomic E-state index is 5.85. The number of ether oxygens (including phenoxy) is 1. The lowest BCUT2D eigenvalue weighted by molar-refractivity contribution is 0.303. The predicted molar refractivity (Wildman–Crippen MR) is 68.7 cm³/mol. The van der Waals surface area contributed by atoms with E-state index in [1.165, 1.54) is 12.8 Å². The smallest absolute Gasteiger partial charge is 0.119 e. The van der Waals surface area contributed by atoms with Crippen LogP contribution in [0, 0.1) is 0 Å². The van der Waals surface area contributed by atoms with Crippen LogP contribution in [-0.4, -0.2) is 12.6 Å². The van der Waals surface area contributed by atoms with Gasteiger partial charge in [0.25, 0.3) is 0 Å². The molecule has 0 aliphatic rings. The molecule has 16 heavy (non-hydrogen) atoms. The van der Waals surface area contributed by atoms with Crippen LogP contribution in [0.5, 0.6) is 5.75 Å². The summed E-state index contributed by atoms with van der Waals surface area (Å²) in [5.74, 6) is 0.966. The molecule has 0 aromatic heterocycles. The molecule has 2 nitrogen and oxygen atoms in total. The Balaban J connectivity index is 1.96. The van der Waals surface area contributed by atoms with Crippen molar-refractivity contribution in [2.45, 2.75) is 45.1 Å². The van der Waals surface area contributed by atoms with E-state index in [4.69, 9.17) is 10.5 Å². The Hall–Kier alpha value is -1.02. The second-order valence-corrected chi connectivity index (χ2v) is 4.18. The first kappa shape index (κ1) is 13.0. The summed E-state index contributed by atoms with van der Waals surface area (Å²) >= 11 is 0. The lowest BCUT2D eigenvalue weighted by Crippen LogP contribution is -2.17. The molecule has 1 rings (SSSR count). The van der Waals surface area contributed by atoms with Gasteiger partial charge in [-0.2, -0.15) is 0 Å². The second kappa shape index (κ2) is 8.17. The molecule has 0 aliphatic carbocycles. The summed E-state index contributed by atoms with van der Waals surface area (Å²) in [6.07, 6.45) is 5.77. The van der Waals surface area contributed by atoms with E-state index in [-0.39, 0.29) is 0 Å². The fraction of sp³-hybridized carbons (Fsp3) is 0.571. The van der Waals surface area contributed by atoms with E-state index in [0.717, 1.165) is 31.6 Å². The maximum absolute atomic E-state index is 5.85. The predicted octanol–water partition coefficient (Wildman–Crippen LogP) is 3.36. The first-order valence-corrected chi connectivity index (χ1v) is 6.26. The van der Waals surface area contributed by atoms with Crippen molar-refractivity contribution in [2.75, 3.05) is 6.61 Å². The Morgan fingerprint density at radius 2 is 1.88 bits per heavy atom. The molecule has 0 heterocycles. The van der Waals surface area contributed by atoms with E-state index in [9.17, 15) is 0 Å². The highest BCUT2D eigenvalue weighted by Crippen LogP contribution is 2.10. The summed E-state index contributed by atoms with van der Waals surface area (Å²) in [7, 11) is 0. The van der Waals surface area contributed by atoms with Gasteiger partial charge in [-0.25, -0.2) is 0 Å². The third-order valence-corrected chi connectivity index (χ3v) is 2.76. The number of benzene rings is 1. The van der Waals surface area contributed by atoms with Gasteiger partial charge in [0.2, 0.25) is 0 Å². The van der Waals surface area contributed by atoms with Crippen LogP contribution in [0.3, 0.4) is 0 Å². The lowest BCUT2D eigenvalue weighted by atomic mass is 10.1. The molecular formula is C14H23NO. The van der Waals surface area contributed by atoms with Crippen molar-refractivity contribution in [3.8, 4) is 5.75 Å². The summed E-state index contributed by atoms with van der Waals surface area (Å²) in [6.45, 7) is 2.95. The third-order valence-electron chi connectivity index (χ3n) is 2.76. The van der Waals surface area contributed by atoms with Crippen LogP contribution in [-0.2, 0) is 0 Å². The summed E-state index contributed by atoms with van der Waals surface area (Å²) in [6, 6.07) is 10.4. The molecule has 1 aromatic carbocycles. The quantitative estimate of drug-likeness (QED) is 0.683. The summed E-state index contributed by atoms with van der Waals surface area (Å²) in [5.41, 5.74) is 5.85. The number of hydrogen-bond acceptors (Lipinski definition) is 2. The molecule has 0 spiro atoms. The SMILES string of the molecule is CCC(N)CCCCCOc1ccccc1.